The van der Waals surface area contributed by atoms with E-state index in [1.807, 2.05) is 31.2 Å². The molecule has 0 aromatic heterocycles. The number of amides is 1. The molecule has 110 valence electrons. The number of anilines is 1. The molecule has 0 atom stereocenters. The molecule has 1 amide bonds. The standard InChI is InChI=1S/C17H19FN2O/c1-2-20(16-10-6-5-9-15(16)18)17(21)11-13-7-3-4-8-14(13)12-19/h3-10H,2,11-12,19H2,1H3. The Balaban J connectivity index is 2.24. The second-order valence-corrected chi connectivity index (χ2v) is 4.74. The predicted molar refractivity (Wildman–Crippen MR) is 82.5 cm³/mol. The summed E-state index contributed by atoms with van der Waals surface area (Å²) in [6.45, 7) is 2.64. The third-order valence-corrected chi connectivity index (χ3v) is 3.44. The Bertz CT molecular complexity index is 628. The van der Waals surface area contributed by atoms with Crippen molar-refractivity contribution in [2.45, 2.75) is 19.9 Å². The van der Waals surface area contributed by atoms with Gasteiger partial charge in [0, 0.05) is 13.1 Å². The smallest absolute Gasteiger partial charge is 0.231 e. The molecular formula is C17H19FN2O. The molecule has 0 unspecified atom stereocenters. The maximum atomic E-state index is 13.9. The maximum Gasteiger partial charge on any atom is 0.231 e. The van der Waals surface area contributed by atoms with Crippen LogP contribution < -0.4 is 10.6 Å². The van der Waals surface area contributed by atoms with E-state index in [9.17, 15) is 9.18 Å². The number of rotatable bonds is 5. The van der Waals surface area contributed by atoms with E-state index < -0.39 is 0 Å². The van der Waals surface area contributed by atoms with Crippen molar-refractivity contribution in [1.82, 2.24) is 0 Å². The number of halogens is 1. The molecule has 0 aliphatic rings. The van der Waals surface area contributed by atoms with Gasteiger partial charge in [-0.25, -0.2) is 4.39 Å². The molecule has 4 heteroatoms. The monoisotopic (exact) mass is 286 g/mol. The minimum atomic E-state index is -0.389. The molecule has 0 saturated carbocycles. The molecule has 0 heterocycles. The summed E-state index contributed by atoms with van der Waals surface area (Å²) in [6.07, 6.45) is 0.218. The van der Waals surface area contributed by atoms with Crippen LogP contribution in [0.4, 0.5) is 10.1 Å². The van der Waals surface area contributed by atoms with Crippen LogP contribution in [0.5, 0.6) is 0 Å². The topological polar surface area (TPSA) is 46.3 Å². The van der Waals surface area contributed by atoms with Crippen molar-refractivity contribution in [2.24, 2.45) is 5.73 Å². The highest BCUT2D eigenvalue weighted by atomic mass is 19.1. The van der Waals surface area contributed by atoms with Crippen LogP contribution in [0, 0.1) is 5.82 Å². The zero-order valence-corrected chi connectivity index (χ0v) is 12.1. The van der Waals surface area contributed by atoms with Gasteiger partial charge in [-0.15, -0.1) is 0 Å². The molecule has 0 fully saturated rings. The van der Waals surface area contributed by atoms with E-state index >= 15 is 0 Å². The van der Waals surface area contributed by atoms with Crippen LogP contribution in [0.3, 0.4) is 0 Å². The molecule has 0 aliphatic carbocycles. The van der Waals surface area contributed by atoms with E-state index in [4.69, 9.17) is 5.73 Å². The number of carbonyl (C=O) groups is 1. The highest BCUT2D eigenvalue weighted by Crippen LogP contribution is 2.20. The number of hydrogen-bond acceptors (Lipinski definition) is 2. The van der Waals surface area contributed by atoms with Crippen molar-refractivity contribution in [3.8, 4) is 0 Å². The van der Waals surface area contributed by atoms with Gasteiger partial charge in [0.1, 0.15) is 5.82 Å². The molecule has 2 aromatic carbocycles. The average Bonchev–Trinajstić information content (AvgIpc) is 2.50. The van der Waals surface area contributed by atoms with Crippen molar-refractivity contribution in [3.05, 3.63) is 65.5 Å². The zero-order valence-electron chi connectivity index (χ0n) is 12.1. The molecule has 0 spiro atoms. The van der Waals surface area contributed by atoms with E-state index in [2.05, 4.69) is 0 Å². The van der Waals surface area contributed by atoms with Crippen molar-refractivity contribution in [1.29, 1.82) is 0 Å². The highest BCUT2D eigenvalue weighted by Gasteiger charge is 2.18. The fourth-order valence-corrected chi connectivity index (χ4v) is 2.34. The Labute approximate surface area is 124 Å². The van der Waals surface area contributed by atoms with Crippen molar-refractivity contribution < 1.29 is 9.18 Å². The van der Waals surface area contributed by atoms with Gasteiger partial charge in [-0.3, -0.25) is 4.79 Å². The van der Waals surface area contributed by atoms with Gasteiger partial charge >= 0.3 is 0 Å². The summed E-state index contributed by atoms with van der Waals surface area (Å²) in [5, 5.41) is 0. The molecule has 2 aromatic rings. The first-order valence-corrected chi connectivity index (χ1v) is 6.99. The van der Waals surface area contributed by atoms with Crippen LogP contribution in [0.25, 0.3) is 0 Å². The predicted octanol–water partition coefficient (Wildman–Crippen LogP) is 2.88. The van der Waals surface area contributed by atoms with Gasteiger partial charge in [0.2, 0.25) is 5.91 Å². The molecule has 0 saturated heterocycles. The van der Waals surface area contributed by atoms with Crippen LogP contribution in [0.2, 0.25) is 0 Å². The second-order valence-electron chi connectivity index (χ2n) is 4.74. The molecule has 21 heavy (non-hydrogen) atoms. The molecular weight excluding hydrogens is 267 g/mol. The Morgan fingerprint density at radius 2 is 1.71 bits per heavy atom. The number of likely N-dealkylation sites (N-methyl/N-ethyl adjacent to an activating group) is 1. The summed E-state index contributed by atoms with van der Waals surface area (Å²) in [5.74, 6) is -0.525. The Hall–Kier alpha value is -2.20. The van der Waals surface area contributed by atoms with E-state index in [0.29, 0.717) is 18.8 Å². The van der Waals surface area contributed by atoms with Gasteiger partial charge in [0.25, 0.3) is 0 Å². The lowest BCUT2D eigenvalue weighted by Gasteiger charge is -2.22. The lowest BCUT2D eigenvalue weighted by Crippen LogP contribution is -2.33. The number of para-hydroxylation sites is 1. The lowest BCUT2D eigenvalue weighted by atomic mass is 10.0. The summed E-state index contributed by atoms with van der Waals surface area (Å²) in [4.78, 5) is 13.9. The Morgan fingerprint density at radius 1 is 1.10 bits per heavy atom. The first-order valence-electron chi connectivity index (χ1n) is 6.99. The third kappa shape index (κ3) is 3.47. The number of nitrogens with two attached hydrogens (primary N) is 1. The van der Waals surface area contributed by atoms with Gasteiger partial charge < -0.3 is 10.6 Å². The van der Waals surface area contributed by atoms with Crippen molar-refractivity contribution in [3.63, 3.8) is 0 Å². The second kappa shape index (κ2) is 6.99. The van der Waals surface area contributed by atoms with Crippen LogP contribution in [0.1, 0.15) is 18.1 Å². The highest BCUT2D eigenvalue weighted by molar-refractivity contribution is 5.95. The van der Waals surface area contributed by atoms with Gasteiger partial charge in [-0.2, -0.15) is 0 Å². The van der Waals surface area contributed by atoms with E-state index in [1.165, 1.54) is 11.0 Å². The van der Waals surface area contributed by atoms with Crippen LogP contribution in [-0.4, -0.2) is 12.5 Å². The minimum absolute atomic E-state index is 0.136. The van der Waals surface area contributed by atoms with Crippen LogP contribution in [0.15, 0.2) is 48.5 Å². The molecule has 0 aliphatic heterocycles. The van der Waals surface area contributed by atoms with E-state index in [1.54, 1.807) is 18.2 Å². The number of benzene rings is 2. The minimum Gasteiger partial charge on any atom is -0.326 e. The SMILES string of the molecule is CCN(C(=O)Cc1ccccc1CN)c1ccccc1F. The largest absolute Gasteiger partial charge is 0.326 e. The van der Waals surface area contributed by atoms with Gasteiger partial charge in [0.05, 0.1) is 12.1 Å². The van der Waals surface area contributed by atoms with E-state index in [0.717, 1.165) is 11.1 Å². The number of carbonyl (C=O) groups excluding carboxylic acids is 1. The molecule has 0 bridgehead atoms. The Kier molecular flexibility index (Phi) is 5.06. The fourth-order valence-electron chi connectivity index (χ4n) is 2.34. The lowest BCUT2D eigenvalue weighted by molar-refractivity contribution is -0.118. The quantitative estimate of drug-likeness (QED) is 0.918. The molecule has 2 N–H and O–H groups in total. The molecule has 3 nitrogen and oxygen atoms in total. The van der Waals surface area contributed by atoms with Crippen LogP contribution >= 0.6 is 0 Å². The summed E-state index contributed by atoms with van der Waals surface area (Å²) < 4.78 is 13.9. The van der Waals surface area contributed by atoms with Gasteiger partial charge in [-0.05, 0) is 30.2 Å². The molecule has 0 radical (unpaired) electrons. The Morgan fingerprint density at radius 3 is 2.33 bits per heavy atom. The average molecular weight is 286 g/mol. The zero-order chi connectivity index (χ0) is 15.2. The fraction of sp³-hybridized carbons (Fsp3) is 0.235. The normalized spacial score (nSPS) is 10.4. The van der Waals surface area contributed by atoms with Crippen molar-refractivity contribution in [2.75, 3.05) is 11.4 Å². The summed E-state index contributed by atoms with van der Waals surface area (Å²) in [5.41, 5.74) is 7.83. The third-order valence-electron chi connectivity index (χ3n) is 3.44. The van der Waals surface area contributed by atoms with Crippen molar-refractivity contribution >= 4 is 11.6 Å². The van der Waals surface area contributed by atoms with Crippen LogP contribution in [-0.2, 0) is 17.8 Å². The summed E-state index contributed by atoms with van der Waals surface area (Å²) >= 11 is 0. The molecule has 2 rings (SSSR count). The number of hydrogen-bond donors (Lipinski definition) is 1. The first kappa shape index (κ1) is 15.2. The maximum absolute atomic E-state index is 13.9. The summed E-state index contributed by atoms with van der Waals surface area (Å²) in [6, 6.07) is 13.9. The summed E-state index contributed by atoms with van der Waals surface area (Å²) in [7, 11) is 0. The van der Waals surface area contributed by atoms with E-state index in [-0.39, 0.29) is 18.1 Å². The first-order chi connectivity index (χ1) is 10.2. The number of nitrogens with zero attached hydrogens (tertiary/aromatic N) is 1. The van der Waals surface area contributed by atoms with Gasteiger partial charge in [0.15, 0.2) is 0 Å². The van der Waals surface area contributed by atoms with Gasteiger partial charge in [-0.1, -0.05) is 36.4 Å².